The first-order valence-electron chi connectivity index (χ1n) is 7.64. The summed E-state index contributed by atoms with van der Waals surface area (Å²) in [4.78, 5) is 4.02. The van der Waals surface area contributed by atoms with Gasteiger partial charge in [0.1, 0.15) is 11.6 Å². The number of allylic oxidation sites excluding steroid dienone is 1. The van der Waals surface area contributed by atoms with Crippen LogP contribution in [0.2, 0.25) is 0 Å². The summed E-state index contributed by atoms with van der Waals surface area (Å²) >= 11 is 0. The van der Waals surface area contributed by atoms with Crippen molar-refractivity contribution >= 4 is 23.5 Å². The first kappa shape index (κ1) is 18.1. The fourth-order valence-corrected chi connectivity index (χ4v) is 2.29. The number of aromatic nitrogens is 1. The van der Waals surface area contributed by atoms with Gasteiger partial charge in [-0.1, -0.05) is 12.1 Å². The van der Waals surface area contributed by atoms with Crippen LogP contribution < -0.4 is 32.8 Å². The van der Waals surface area contributed by atoms with Crippen molar-refractivity contribution in [3.8, 4) is 5.75 Å². The molecule has 2 aromatic rings. The van der Waals surface area contributed by atoms with E-state index in [0.29, 0.717) is 30.3 Å². The molecule has 8 heteroatoms. The van der Waals surface area contributed by atoms with E-state index >= 15 is 0 Å². The van der Waals surface area contributed by atoms with Gasteiger partial charge >= 0.3 is 0 Å². The molecule has 0 saturated heterocycles. The first-order chi connectivity index (χ1) is 12.1. The van der Waals surface area contributed by atoms with Crippen molar-refractivity contribution in [2.45, 2.75) is 13.0 Å². The molecule has 0 unspecified atom stereocenters. The molecule has 0 atom stereocenters. The highest BCUT2D eigenvalue weighted by Crippen LogP contribution is 2.24. The number of nitrogens with zero attached hydrogens (tertiary/aromatic N) is 1. The number of hydrogen-bond acceptors (Lipinski definition) is 8. The molecule has 2 rings (SSSR count). The molecule has 0 aliphatic heterocycles. The summed E-state index contributed by atoms with van der Waals surface area (Å²) in [6.07, 6.45) is 3.49. The smallest absolute Gasteiger partial charge is 0.165 e. The maximum atomic E-state index is 7.59. The van der Waals surface area contributed by atoms with Crippen LogP contribution in [0.25, 0.3) is 0 Å². The largest absolute Gasteiger partial charge is 0.497 e. The number of nitrogen functional groups attached to an aromatic ring is 3. The molecule has 0 bridgehead atoms. The standard InChI is InChI=1S/C17H23N7O/c1-25-14-4-2-11(3-5-14)9-22-10-12(8-18)6-13-7-15(19)23-17(24-21)16(13)20/h2-5,7-8,10,18,22H,6,9,20-21H2,1H3,(H3,19,23,24)/b12-10-,18-8?. The second kappa shape index (κ2) is 8.55. The number of hydrazine groups is 1. The Morgan fingerprint density at radius 3 is 2.60 bits per heavy atom. The summed E-state index contributed by atoms with van der Waals surface area (Å²) < 4.78 is 5.13. The molecule has 25 heavy (non-hydrogen) atoms. The van der Waals surface area contributed by atoms with Gasteiger partial charge in [-0.15, -0.1) is 0 Å². The predicted molar refractivity (Wildman–Crippen MR) is 101 cm³/mol. The van der Waals surface area contributed by atoms with Gasteiger partial charge in [0.05, 0.1) is 12.8 Å². The molecule has 1 heterocycles. The van der Waals surface area contributed by atoms with E-state index in [-0.39, 0.29) is 0 Å². The second-order valence-electron chi connectivity index (χ2n) is 5.38. The summed E-state index contributed by atoms with van der Waals surface area (Å²) in [5.74, 6) is 6.84. The number of hydrogen-bond donors (Lipinski definition) is 6. The van der Waals surface area contributed by atoms with Crippen LogP contribution in [0.4, 0.5) is 17.3 Å². The lowest BCUT2D eigenvalue weighted by molar-refractivity contribution is 0.414. The molecule has 9 N–H and O–H groups in total. The fourth-order valence-electron chi connectivity index (χ4n) is 2.29. The van der Waals surface area contributed by atoms with Gasteiger partial charge in [0, 0.05) is 25.4 Å². The third-order valence-corrected chi connectivity index (χ3v) is 3.63. The fraction of sp³-hybridized carbons (Fsp3) is 0.176. The average Bonchev–Trinajstić information content (AvgIpc) is 2.63. The van der Waals surface area contributed by atoms with Crippen LogP contribution in [0.15, 0.2) is 42.1 Å². The average molecular weight is 341 g/mol. The van der Waals surface area contributed by atoms with Crippen LogP contribution in [-0.2, 0) is 13.0 Å². The molecule has 1 aromatic carbocycles. The molecule has 0 radical (unpaired) electrons. The molecule has 0 fully saturated rings. The number of nitrogens with two attached hydrogens (primary N) is 3. The van der Waals surface area contributed by atoms with E-state index in [1.165, 1.54) is 6.21 Å². The van der Waals surface area contributed by atoms with E-state index in [1.54, 1.807) is 19.4 Å². The van der Waals surface area contributed by atoms with Crippen molar-refractivity contribution in [2.75, 3.05) is 24.0 Å². The van der Waals surface area contributed by atoms with Crippen molar-refractivity contribution in [3.63, 3.8) is 0 Å². The van der Waals surface area contributed by atoms with Crippen LogP contribution in [0.1, 0.15) is 11.1 Å². The lowest BCUT2D eigenvalue weighted by atomic mass is 10.1. The lowest BCUT2D eigenvalue weighted by Crippen LogP contribution is -2.14. The van der Waals surface area contributed by atoms with Crippen molar-refractivity contribution in [1.29, 1.82) is 5.41 Å². The molecule has 0 spiro atoms. The minimum Gasteiger partial charge on any atom is -0.497 e. The zero-order valence-electron chi connectivity index (χ0n) is 14.0. The van der Waals surface area contributed by atoms with Crippen LogP contribution in [0, 0.1) is 5.41 Å². The summed E-state index contributed by atoms with van der Waals surface area (Å²) in [6, 6.07) is 9.44. The number of nitrogens with one attached hydrogen (secondary N) is 3. The van der Waals surface area contributed by atoms with E-state index in [1.807, 2.05) is 24.3 Å². The SMILES string of the molecule is COc1ccc(CN/C=C(\C=N)Cc2cc(N)nc(NN)c2N)cc1. The highest BCUT2D eigenvalue weighted by Gasteiger charge is 2.09. The first-order valence-corrected chi connectivity index (χ1v) is 7.64. The Morgan fingerprint density at radius 2 is 2.00 bits per heavy atom. The minimum absolute atomic E-state index is 0.313. The Morgan fingerprint density at radius 1 is 1.28 bits per heavy atom. The molecule has 132 valence electrons. The molecular weight excluding hydrogens is 318 g/mol. The van der Waals surface area contributed by atoms with Gasteiger partial charge in [-0.3, -0.25) is 0 Å². The van der Waals surface area contributed by atoms with E-state index in [0.717, 1.165) is 22.4 Å². The number of anilines is 3. The Labute approximate surface area is 146 Å². The Hall–Kier alpha value is -3.26. The van der Waals surface area contributed by atoms with Crippen molar-refractivity contribution in [3.05, 3.63) is 53.2 Å². The molecule has 0 amide bonds. The van der Waals surface area contributed by atoms with Gasteiger partial charge in [0.2, 0.25) is 0 Å². The van der Waals surface area contributed by atoms with Crippen molar-refractivity contribution in [1.82, 2.24) is 10.3 Å². The quantitative estimate of drug-likeness (QED) is 0.241. The summed E-state index contributed by atoms with van der Waals surface area (Å²) in [5, 5.41) is 10.8. The van der Waals surface area contributed by atoms with Crippen LogP contribution >= 0.6 is 0 Å². The number of rotatable bonds is 8. The Bertz CT molecular complexity index is 756. The molecule has 8 nitrogen and oxygen atoms in total. The van der Waals surface area contributed by atoms with Gasteiger partial charge in [-0.05, 0) is 34.9 Å². The normalized spacial score (nSPS) is 11.0. The highest BCUT2D eigenvalue weighted by molar-refractivity contribution is 5.78. The van der Waals surface area contributed by atoms with E-state index in [4.69, 9.17) is 27.5 Å². The van der Waals surface area contributed by atoms with E-state index in [2.05, 4.69) is 15.7 Å². The minimum atomic E-state index is 0.313. The molecule has 0 saturated carbocycles. The maximum Gasteiger partial charge on any atom is 0.165 e. The van der Waals surface area contributed by atoms with Crippen LogP contribution in [-0.4, -0.2) is 18.3 Å². The summed E-state index contributed by atoms with van der Waals surface area (Å²) in [7, 11) is 1.63. The third-order valence-electron chi connectivity index (χ3n) is 3.63. The van der Waals surface area contributed by atoms with Crippen molar-refractivity contribution < 1.29 is 4.74 Å². The second-order valence-corrected chi connectivity index (χ2v) is 5.38. The molecule has 0 aliphatic carbocycles. The Kier molecular flexibility index (Phi) is 6.19. The van der Waals surface area contributed by atoms with Crippen LogP contribution in [0.5, 0.6) is 5.75 Å². The van der Waals surface area contributed by atoms with Crippen molar-refractivity contribution in [2.24, 2.45) is 5.84 Å². The molecular formula is C17H23N7O. The van der Waals surface area contributed by atoms with Gasteiger partial charge < -0.3 is 32.4 Å². The molecule has 0 aliphatic rings. The van der Waals surface area contributed by atoms with E-state index in [9.17, 15) is 0 Å². The summed E-state index contributed by atoms with van der Waals surface area (Å²) in [6.45, 7) is 0.630. The number of pyridine rings is 1. The predicted octanol–water partition coefficient (Wildman–Crippen LogP) is 1.41. The highest BCUT2D eigenvalue weighted by atomic mass is 16.5. The third kappa shape index (κ3) is 4.85. The topological polar surface area (TPSA) is 148 Å². The van der Waals surface area contributed by atoms with Crippen LogP contribution in [0.3, 0.4) is 0 Å². The maximum absolute atomic E-state index is 7.59. The zero-order valence-corrected chi connectivity index (χ0v) is 14.0. The zero-order chi connectivity index (χ0) is 18.2. The Balaban J connectivity index is 2.05. The number of benzene rings is 1. The van der Waals surface area contributed by atoms with Gasteiger partial charge in [0.15, 0.2) is 5.82 Å². The summed E-state index contributed by atoms with van der Waals surface area (Å²) in [5.41, 5.74) is 17.2. The van der Waals surface area contributed by atoms with Gasteiger partial charge in [-0.25, -0.2) is 10.8 Å². The number of methoxy groups -OCH3 is 1. The molecule has 1 aromatic heterocycles. The van der Waals surface area contributed by atoms with Gasteiger partial charge in [0.25, 0.3) is 0 Å². The number of ether oxygens (including phenoxy) is 1. The monoisotopic (exact) mass is 341 g/mol. The van der Waals surface area contributed by atoms with Gasteiger partial charge in [-0.2, -0.15) is 0 Å². The lowest BCUT2D eigenvalue weighted by Gasteiger charge is -2.11. The van der Waals surface area contributed by atoms with E-state index < -0.39 is 0 Å².